The molecule has 3 aromatic rings. The second-order valence-corrected chi connectivity index (χ2v) is 11.4. The van der Waals surface area contributed by atoms with Gasteiger partial charge in [0.15, 0.2) is 9.84 Å². The molecule has 3 rings (SSSR count). The Labute approximate surface area is 182 Å². The number of aryl methyl sites for hydroxylation is 2. The molecule has 0 aliphatic carbocycles. The zero-order valence-electron chi connectivity index (χ0n) is 16.5. The van der Waals surface area contributed by atoms with Crippen molar-refractivity contribution in [2.24, 2.45) is 0 Å². The Hall–Kier alpha value is -2.41. The smallest absolute Gasteiger partial charge is 0.203 e. The summed E-state index contributed by atoms with van der Waals surface area (Å²) in [5, 5.41) is 0.335. The third-order valence-corrected chi connectivity index (χ3v) is 8.66. The molecule has 0 amide bonds. The van der Waals surface area contributed by atoms with Gasteiger partial charge in [-0.05, 0) is 55.8 Å². The predicted molar refractivity (Wildman–Crippen MR) is 121 cm³/mol. The van der Waals surface area contributed by atoms with Gasteiger partial charge in [0.2, 0.25) is 9.84 Å². The maximum atomic E-state index is 13.3. The molecular formula is C23H21ClO4S2. The van der Waals surface area contributed by atoms with Gasteiger partial charge in [-0.2, -0.15) is 0 Å². The third kappa shape index (κ3) is 5.01. The normalized spacial score (nSPS) is 12.7. The minimum absolute atomic E-state index is 0.0329. The van der Waals surface area contributed by atoms with Crippen LogP contribution in [0.15, 0.2) is 87.5 Å². The van der Waals surface area contributed by atoms with E-state index in [4.69, 9.17) is 11.6 Å². The summed E-state index contributed by atoms with van der Waals surface area (Å²) < 4.78 is 52.7. The van der Waals surface area contributed by atoms with E-state index in [2.05, 4.69) is 0 Å². The monoisotopic (exact) mass is 460 g/mol. The van der Waals surface area contributed by atoms with E-state index in [0.29, 0.717) is 10.6 Å². The van der Waals surface area contributed by atoms with Crippen molar-refractivity contribution in [3.05, 3.63) is 99.4 Å². The standard InChI is InChI=1S/C23H21ClO4S2/c1-17-7-11-20(12-8-17)29(25,26)16-22(15-19-5-3-4-6-23(19)24)30(27,28)21-13-9-18(2)10-14-21/h3-15H,16H2,1-2H3. The maximum absolute atomic E-state index is 13.3. The van der Waals surface area contributed by atoms with Gasteiger partial charge >= 0.3 is 0 Å². The molecule has 4 nitrogen and oxygen atoms in total. The van der Waals surface area contributed by atoms with Crippen molar-refractivity contribution in [2.45, 2.75) is 23.6 Å². The molecule has 0 aliphatic heterocycles. The first-order chi connectivity index (χ1) is 14.1. The number of hydrogen-bond donors (Lipinski definition) is 0. The van der Waals surface area contributed by atoms with Crippen molar-refractivity contribution < 1.29 is 16.8 Å². The largest absolute Gasteiger partial charge is 0.223 e. The van der Waals surface area contributed by atoms with Gasteiger partial charge in [0.05, 0.1) is 20.4 Å². The van der Waals surface area contributed by atoms with Crippen molar-refractivity contribution in [1.29, 1.82) is 0 Å². The minimum atomic E-state index is -4.06. The lowest BCUT2D eigenvalue weighted by Crippen LogP contribution is -2.16. The molecule has 0 bridgehead atoms. The molecule has 0 aromatic heterocycles. The molecule has 0 saturated heterocycles. The number of hydrogen-bond acceptors (Lipinski definition) is 4. The van der Waals surface area contributed by atoms with E-state index in [-0.39, 0.29) is 14.7 Å². The highest BCUT2D eigenvalue weighted by atomic mass is 35.5. The van der Waals surface area contributed by atoms with Crippen molar-refractivity contribution >= 4 is 37.4 Å². The lowest BCUT2D eigenvalue weighted by Gasteiger charge is -2.12. The van der Waals surface area contributed by atoms with Gasteiger partial charge in [-0.25, -0.2) is 16.8 Å². The van der Waals surface area contributed by atoms with E-state index in [1.54, 1.807) is 48.5 Å². The molecule has 0 radical (unpaired) electrons. The Morgan fingerprint density at radius 1 is 0.767 bits per heavy atom. The number of benzene rings is 3. The average molecular weight is 461 g/mol. The van der Waals surface area contributed by atoms with Crippen LogP contribution in [-0.2, 0) is 19.7 Å². The van der Waals surface area contributed by atoms with Crippen LogP contribution in [0, 0.1) is 13.8 Å². The molecular weight excluding hydrogens is 440 g/mol. The molecule has 7 heteroatoms. The summed E-state index contributed by atoms with van der Waals surface area (Å²) in [6.07, 6.45) is 1.34. The molecule has 0 N–H and O–H groups in total. The van der Waals surface area contributed by atoms with Gasteiger partial charge in [-0.1, -0.05) is 65.2 Å². The number of rotatable bonds is 6. The van der Waals surface area contributed by atoms with E-state index >= 15 is 0 Å². The van der Waals surface area contributed by atoms with E-state index in [0.717, 1.165) is 11.1 Å². The second kappa shape index (κ2) is 8.76. The first-order valence-electron chi connectivity index (χ1n) is 9.16. The first-order valence-corrected chi connectivity index (χ1v) is 12.7. The van der Waals surface area contributed by atoms with Crippen LogP contribution in [0.1, 0.15) is 16.7 Å². The molecule has 0 unspecified atom stereocenters. The van der Waals surface area contributed by atoms with Crippen LogP contribution in [0.3, 0.4) is 0 Å². The average Bonchev–Trinajstić information content (AvgIpc) is 2.69. The van der Waals surface area contributed by atoms with Crippen LogP contribution in [0.4, 0.5) is 0 Å². The molecule has 30 heavy (non-hydrogen) atoms. The highest BCUT2D eigenvalue weighted by Gasteiger charge is 2.27. The quantitative estimate of drug-likeness (QED) is 0.504. The van der Waals surface area contributed by atoms with Crippen molar-refractivity contribution in [3.8, 4) is 0 Å². The van der Waals surface area contributed by atoms with Gasteiger partial charge in [0.1, 0.15) is 0 Å². The summed E-state index contributed by atoms with van der Waals surface area (Å²) in [6.45, 7) is 3.69. The van der Waals surface area contributed by atoms with Crippen LogP contribution in [0.5, 0.6) is 0 Å². The van der Waals surface area contributed by atoms with E-state index < -0.39 is 25.4 Å². The lowest BCUT2D eigenvalue weighted by atomic mass is 10.2. The fourth-order valence-electron chi connectivity index (χ4n) is 2.85. The summed E-state index contributed by atoms with van der Waals surface area (Å²) >= 11 is 6.20. The molecule has 0 fully saturated rings. The van der Waals surface area contributed by atoms with Crippen LogP contribution in [0.2, 0.25) is 5.02 Å². The highest BCUT2D eigenvalue weighted by molar-refractivity contribution is 7.98. The summed E-state index contributed by atoms with van der Waals surface area (Å²) in [5.74, 6) is -0.669. The summed E-state index contributed by atoms with van der Waals surface area (Å²) in [4.78, 5) is -0.136. The van der Waals surface area contributed by atoms with E-state index in [9.17, 15) is 16.8 Å². The summed E-state index contributed by atoms with van der Waals surface area (Å²) in [5.41, 5.74) is 2.25. The van der Waals surface area contributed by atoms with Crippen LogP contribution in [0.25, 0.3) is 6.08 Å². The zero-order chi connectivity index (χ0) is 21.9. The van der Waals surface area contributed by atoms with Gasteiger partial charge in [-0.3, -0.25) is 0 Å². The van der Waals surface area contributed by atoms with E-state index in [1.165, 1.54) is 30.3 Å². The maximum Gasteiger partial charge on any atom is 0.203 e. The summed E-state index contributed by atoms with van der Waals surface area (Å²) in [7, 11) is -7.96. The Kier molecular flexibility index (Phi) is 6.50. The molecule has 0 heterocycles. The molecule has 0 aliphatic rings. The van der Waals surface area contributed by atoms with Crippen LogP contribution < -0.4 is 0 Å². The lowest BCUT2D eigenvalue weighted by molar-refractivity contribution is 0.592. The summed E-state index contributed by atoms with van der Waals surface area (Å²) in [6, 6.07) is 19.3. The molecule has 0 atom stereocenters. The van der Waals surface area contributed by atoms with Gasteiger partial charge in [0, 0.05) is 5.02 Å². The van der Waals surface area contributed by atoms with Crippen molar-refractivity contribution in [2.75, 3.05) is 5.75 Å². The fourth-order valence-corrected chi connectivity index (χ4v) is 6.38. The molecule has 0 saturated carbocycles. The van der Waals surface area contributed by atoms with Crippen molar-refractivity contribution in [1.82, 2.24) is 0 Å². The van der Waals surface area contributed by atoms with Crippen molar-refractivity contribution in [3.63, 3.8) is 0 Å². The van der Waals surface area contributed by atoms with Crippen LogP contribution >= 0.6 is 11.6 Å². The number of sulfone groups is 2. The Bertz CT molecular complexity index is 1290. The Morgan fingerprint density at radius 3 is 1.80 bits per heavy atom. The molecule has 0 spiro atoms. The SMILES string of the molecule is Cc1ccc(S(=O)(=O)CC(=Cc2ccccc2Cl)S(=O)(=O)c2ccc(C)cc2)cc1. The van der Waals surface area contributed by atoms with Gasteiger partial charge in [-0.15, -0.1) is 0 Å². The Morgan fingerprint density at radius 2 is 1.27 bits per heavy atom. The minimum Gasteiger partial charge on any atom is -0.223 e. The molecule has 156 valence electrons. The van der Waals surface area contributed by atoms with E-state index in [1.807, 2.05) is 13.8 Å². The topological polar surface area (TPSA) is 68.3 Å². The second-order valence-electron chi connectivity index (χ2n) is 7.02. The number of halogens is 1. The van der Waals surface area contributed by atoms with Crippen LogP contribution in [-0.4, -0.2) is 22.6 Å². The fraction of sp³-hybridized carbons (Fsp3) is 0.130. The highest BCUT2D eigenvalue weighted by Crippen LogP contribution is 2.28. The van der Waals surface area contributed by atoms with Gasteiger partial charge in [0.25, 0.3) is 0 Å². The zero-order valence-corrected chi connectivity index (χ0v) is 18.9. The molecule has 3 aromatic carbocycles. The van der Waals surface area contributed by atoms with Gasteiger partial charge < -0.3 is 0 Å². The first kappa shape index (κ1) is 22.3. The predicted octanol–water partition coefficient (Wildman–Crippen LogP) is 5.25. The Balaban J connectivity index is 2.14. The third-order valence-electron chi connectivity index (χ3n) is 4.61.